The van der Waals surface area contributed by atoms with Gasteiger partial charge >= 0.3 is 0 Å². The minimum Gasteiger partial charge on any atom is -0.497 e. The Kier molecular flexibility index (Phi) is 6.66. The van der Waals surface area contributed by atoms with Gasteiger partial charge in [0.15, 0.2) is 11.0 Å². The SMILES string of the molecule is COc1ccc(-n2c(SCC(=O)N/N=C\c3cccn3C)nnc2-c2ccccc2)cc1. The van der Waals surface area contributed by atoms with E-state index in [4.69, 9.17) is 4.74 Å². The first kappa shape index (κ1) is 21.4. The molecule has 0 saturated heterocycles. The number of aromatic nitrogens is 4. The van der Waals surface area contributed by atoms with Crippen molar-refractivity contribution in [2.75, 3.05) is 12.9 Å². The van der Waals surface area contributed by atoms with Gasteiger partial charge in [0.2, 0.25) is 0 Å². The van der Waals surface area contributed by atoms with Crippen molar-refractivity contribution < 1.29 is 9.53 Å². The van der Waals surface area contributed by atoms with Gasteiger partial charge in [0.25, 0.3) is 5.91 Å². The summed E-state index contributed by atoms with van der Waals surface area (Å²) in [5, 5.41) is 13.4. The molecule has 4 rings (SSSR count). The van der Waals surface area contributed by atoms with Crippen molar-refractivity contribution in [2.45, 2.75) is 5.16 Å². The van der Waals surface area contributed by atoms with Crippen molar-refractivity contribution in [3.8, 4) is 22.8 Å². The van der Waals surface area contributed by atoms with Crippen LogP contribution in [0.5, 0.6) is 5.75 Å². The maximum Gasteiger partial charge on any atom is 0.250 e. The topological polar surface area (TPSA) is 86.3 Å². The standard InChI is InChI=1S/C23H22N6O2S/c1-28-14-6-9-19(28)15-24-25-21(30)16-32-23-27-26-22(17-7-4-3-5-8-17)29(23)18-10-12-20(31-2)13-11-18/h3-15H,16H2,1-2H3,(H,25,30)/b24-15-. The van der Waals surface area contributed by atoms with Gasteiger partial charge in [-0.05, 0) is 36.4 Å². The number of ether oxygens (including phenoxy) is 1. The average Bonchev–Trinajstić information content (AvgIpc) is 3.44. The number of benzene rings is 2. The molecule has 0 unspecified atom stereocenters. The Balaban J connectivity index is 1.53. The lowest BCUT2D eigenvalue weighted by molar-refractivity contribution is -0.118. The number of carbonyl (C=O) groups is 1. The van der Waals surface area contributed by atoms with Crippen LogP contribution < -0.4 is 10.2 Å². The number of amides is 1. The second-order valence-corrected chi connectivity index (χ2v) is 7.77. The highest BCUT2D eigenvalue weighted by molar-refractivity contribution is 7.99. The molecule has 0 fully saturated rings. The summed E-state index contributed by atoms with van der Waals surface area (Å²) in [6.07, 6.45) is 3.52. The van der Waals surface area contributed by atoms with E-state index in [1.807, 2.05) is 89.1 Å². The van der Waals surface area contributed by atoms with E-state index in [1.165, 1.54) is 11.8 Å². The van der Waals surface area contributed by atoms with Gasteiger partial charge < -0.3 is 9.30 Å². The molecule has 9 heteroatoms. The molecule has 162 valence electrons. The molecule has 0 bridgehead atoms. The number of carbonyl (C=O) groups excluding carboxylic acids is 1. The summed E-state index contributed by atoms with van der Waals surface area (Å²) in [5.41, 5.74) is 5.25. The number of hydrazone groups is 1. The van der Waals surface area contributed by atoms with Gasteiger partial charge in [0.05, 0.1) is 24.8 Å². The molecular formula is C23H22N6O2S. The Morgan fingerprint density at radius 1 is 1.09 bits per heavy atom. The number of nitrogens with zero attached hydrogens (tertiary/aromatic N) is 5. The minimum absolute atomic E-state index is 0.146. The molecular weight excluding hydrogens is 424 g/mol. The van der Waals surface area contributed by atoms with Gasteiger partial charge in [0.1, 0.15) is 5.75 Å². The lowest BCUT2D eigenvalue weighted by Crippen LogP contribution is -2.20. The second kappa shape index (κ2) is 9.97. The van der Waals surface area contributed by atoms with Crippen molar-refractivity contribution in [2.24, 2.45) is 12.1 Å². The highest BCUT2D eigenvalue weighted by atomic mass is 32.2. The summed E-state index contributed by atoms with van der Waals surface area (Å²) in [4.78, 5) is 12.3. The second-order valence-electron chi connectivity index (χ2n) is 6.83. The number of aryl methyl sites for hydroxylation is 1. The Morgan fingerprint density at radius 3 is 2.56 bits per heavy atom. The number of thioether (sulfide) groups is 1. The molecule has 0 spiro atoms. The average molecular weight is 447 g/mol. The summed E-state index contributed by atoms with van der Waals surface area (Å²) in [7, 11) is 3.54. The number of hydrogen-bond acceptors (Lipinski definition) is 6. The van der Waals surface area contributed by atoms with Crippen molar-refractivity contribution in [1.82, 2.24) is 24.8 Å². The number of methoxy groups -OCH3 is 1. The minimum atomic E-state index is -0.231. The van der Waals surface area contributed by atoms with E-state index in [-0.39, 0.29) is 11.7 Å². The van der Waals surface area contributed by atoms with E-state index < -0.39 is 0 Å². The monoisotopic (exact) mass is 446 g/mol. The maximum atomic E-state index is 12.3. The first-order valence-corrected chi connectivity index (χ1v) is 10.9. The first-order valence-electron chi connectivity index (χ1n) is 9.87. The van der Waals surface area contributed by atoms with Crippen LogP contribution in [0.4, 0.5) is 0 Å². The Hall–Kier alpha value is -3.85. The van der Waals surface area contributed by atoms with E-state index in [2.05, 4.69) is 20.7 Å². The van der Waals surface area contributed by atoms with E-state index in [0.29, 0.717) is 11.0 Å². The van der Waals surface area contributed by atoms with Crippen LogP contribution in [-0.4, -0.2) is 44.3 Å². The van der Waals surface area contributed by atoms with Crippen molar-refractivity contribution >= 4 is 23.9 Å². The van der Waals surface area contributed by atoms with Crippen LogP contribution in [0.25, 0.3) is 17.1 Å². The molecule has 0 aliphatic heterocycles. The fourth-order valence-electron chi connectivity index (χ4n) is 3.04. The molecule has 0 aliphatic rings. The molecule has 2 aromatic heterocycles. The van der Waals surface area contributed by atoms with Gasteiger partial charge in [-0.2, -0.15) is 5.10 Å². The molecule has 0 atom stereocenters. The molecule has 2 heterocycles. The van der Waals surface area contributed by atoms with Crippen LogP contribution in [0.2, 0.25) is 0 Å². The van der Waals surface area contributed by atoms with Gasteiger partial charge in [0, 0.05) is 24.5 Å². The van der Waals surface area contributed by atoms with Crippen LogP contribution in [-0.2, 0) is 11.8 Å². The van der Waals surface area contributed by atoms with E-state index in [1.54, 1.807) is 13.3 Å². The zero-order valence-electron chi connectivity index (χ0n) is 17.7. The predicted octanol–water partition coefficient (Wildman–Crippen LogP) is 3.52. The number of rotatable bonds is 8. The van der Waals surface area contributed by atoms with Crippen molar-refractivity contribution in [1.29, 1.82) is 0 Å². The summed E-state index contributed by atoms with van der Waals surface area (Å²) in [6, 6.07) is 21.3. The predicted molar refractivity (Wildman–Crippen MR) is 125 cm³/mol. The molecule has 8 nitrogen and oxygen atoms in total. The Morgan fingerprint density at radius 2 is 1.88 bits per heavy atom. The van der Waals surface area contributed by atoms with Crippen LogP contribution in [0.3, 0.4) is 0 Å². The number of hydrogen-bond donors (Lipinski definition) is 1. The normalized spacial score (nSPS) is 11.1. The smallest absolute Gasteiger partial charge is 0.250 e. The quantitative estimate of drug-likeness (QED) is 0.254. The molecule has 2 aromatic carbocycles. The largest absolute Gasteiger partial charge is 0.497 e. The highest BCUT2D eigenvalue weighted by Gasteiger charge is 2.17. The first-order chi connectivity index (χ1) is 15.7. The van der Waals surface area contributed by atoms with Crippen LogP contribution in [0, 0.1) is 0 Å². The third-order valence-electron chi connectivity index (χ3n) is 4.70. The van der Waals surface area contributed by atoms with Crippen LogP contribution in [0.15, 0.2) is 83.2 Å². The summed E-state index contributed by atoms with van der Waals surface area (Å²) in [6.45, 7) is 0. The summed E-state index contributed by atoms with van der Waals surface area (Å²) < 4.78 is 9.11. The lowest BCUT2D eigenvalue weighted by Gasteiger charge is -2.11. The van der Waals surface area contributed by atoms with E-state index in [0.717, 1.165) is 22.7 Å². The molecule has 1 N–H and O–H groups in total. The third kappa shape index (κ3) is 4.89. The van der Waals surface area contributed by atoms with Crippen molar-refractivity contribution in [3.63, 3.8) is 0 Å². The molecule has 0 aliphatic carbocycles. The van der Waals surface area contributed by atoms with Gasteiger partial charge in [-0.15, -0.1) is 10.2 Å². The Labute approximate surface area is 189 Å². The lowest BCUT2D eigenvalue weighted by atomic mass is 10.2. The maximum absolute atomic E-state index is 12.3. The fraction of sp³-hybridized carbons (Fsp3) is 0.130. The van der Waals surface area contributed by atoms with E-state index in [9.17, 15) is 4.79 Å². The van der Waals surface area contributed by atoms with Gasteiger partial charge in [-0.25, -0.2) is 5.43 Å². The molecule has 4 aromatic rings. The fourth-order valence-corrected chi connectivity index (χ4v) is 3.79. The highest BCUT2D eigenvalue weighted by Crippen LogP contribution is 2.28. The van der Waals surface area contributed by atoms with Crippen LogP contribution in [0.1, 0.15) is 5.69 Å². The molecule has 32 heavy (non-hydrogen) atoms. The Bertz CT molecular complexity index is 1220. The van der Waals surface area contributed by atoms with Crippen LogP contribution >= 0.6 is 11.8 Å². The van der Waals surface area contributed by atoms with Crippen molar-refractivity contribution in [3.05, 3.63) is 78.6 Å². The summed E-state index contributed by atoms with van der Waals surface area (Å²) in [5.74, 6) is 1.37. The molecule has 1 amide bonds. The van der Waals surface area contributed by atoms with Gasteiger partial charge in [-0.1, -0.05) is 42.1 Å². The summed E-state index contributed by atoms with van der Waals surface area (Å²) >= 11 is 1.29. The van der Waals surface area contributed by atoms with Gasteiger partial charge in [-0.3, -0.25) is 9.36 Å². The zero-order chi connectivity index (χ0) is 22.3. The molecule has 0 saturated carbocycles. The molecule has 0 radical (unpaired) electrons. The third-order valence-corrected chi connectivity index (χ3v) is 5.63. The number of nitrogens with one attached hydrogen (secondary N) is 1. The zero-order valence-corrected chi connectivity index (χ0v) is 18.5. The van der Waals surface area contributed by atoms with E-state index >= 15 is 0 Å².